The number of hydrogen-bond donors (Lipinski definition) is 1. The Morgan fingerprint density at radius 2 is 2.00 bits per heavy atom. The lowest BCUT2D eigenvalue weighted by atomic mass is 10.0. The highest BCUT2D eigenvalue weighted by Gasteiger charge is 2.26. The van der Waals surface area contributed by atoms with Crippen LogP contribution in [0.4, 0.5) is 0 Å². The summed E-state index contributed by atoms with van der Waals surface area (Å²) in [5, 5.41) is 17.2. The molecule has 0 saturated carbocycles. The van der Waals surface area contributed by atoms with Gasteiger partial charge in [-0.05, 0) is 19.1 Å². The van der Waals surface area contributed by atoms with Gasteiger partial charge in [0.05, 0.1) is 21.2 Å². The first-order valence-corrected chi connectivity index (χ1v) is 9.60. The maximum atomic E-state index is 12.7. The van der Waals surface area contributed by atoms with Crippen molar-refractivity contribution < 1.29 is 22.8 Å². The third kappa shape index (κ3) is 3.11. The highest BCUT2D eigenvalue weighted by atomic mass is 35.5. The first-order valence-electron chi connectivity index (χ1n) is 7.33. The number of nitrogens with zero attached hydrogens (tertiary/aromatic N) is 3. The Morgan fingerprint density at radius 3 is 2.50 bits per heavy atom. The Bertz CT molecular complexity index is 1110. The molecule has 2 heterocycles. The van der Waals surface area contributed by atoms with Crippen LogP contribution in [0.3, 0.4) is 0 Å². The smallest absolute Gasteiger partial charge is 0.214 e. The summed E-state index contributed by atoms with van der Waals surface area (Å²) in [6.45, 7) is 1.67. The van der Waals surface area contributed by atoms with E-state index in [1.165, 1.54) is 31.3 Å². The third-order valence-electron chi connectivity index (χ3n) is 3.71. The lowest BCUT2D eigenvalue weighted by Gasteiger charge is -2.10. The van der Waals surface area contributed by atoms with Crippen LogP contribution in [0.15, 0.2) is 33.7 Å². The van der Waals surface area contributed by atoms with Gasteiger partial charge in [-0.15, -0.1) is 0 Å². The second-order valence-electron chi connectivity index (χ2n) is 5.75. The number of rotatable bonds is 4. The van der Waals surface area contributed by atoms with Gasteiger partial charge in [0, 0.05) is 31.0 Å². The maximum Gasteiger partial charge on any atom is 0.214 e. The molecular weight excluding hydrogens is 382 g/mol. The van der Waals surface area contributed by atoms with Crippen molar-refractivity contribution in [2.75, 3.05) is 6.26 Å². The molecule has 3 rings (SSSR count). The molecule has 26 heavy (non-hydrogen) atoms. The third-order valence-corrected chi connectivity index (χ3v) is 5.24. The highest BCUT2D eigenvalue weighted by Crippen LogP contribution is 2.37. The quantitative estimate of drug-likeness (QED) is 0.674. The van der Waals surface area contributed by atoms with E-state index in [4.69, 9.17) is 16.1 Å². The average molecular weight is 396 g/mol. The van der Waals surface area contributed by atoms with Crippen molar-refractivity contribution in [1.29, 1.82) is 0 Å². The van der Waals surface area contributed by atoms with Crippen LogP contribution in [0, 0.1) is 6.92 Å². The lowest BCUT2D eigenvalue weighted by Crippen LogP contribution is -2.08. The van der Waals surface area contributed by atoms with Crippen molar-refractivity contribution in [3.8, 4) is 17.2 Å². The molecule has 1 N–H and O–H groups in total. The number of ketones is 1. The molecule has 0 spiro atoms. The molecule has 0 radical (unpaired) electrons. The molecule has 3 aromatic rings. The molecule has 0 bridgehead atoms. The van der Waals surface area contributed by atoms with Crippen LogP contribution >= 0.6 is 11.6 Å². The van der Waals surface area contributed by atoms with Crippen molar-refractivity contribution >= 4 is 27.2 Å². The van der Waals surface area contributed by atoms with Gasteiger partial charge >= 0.3 is 0 Å². The summed E-state index contributed by atoms with van der Waals surface area (Å²) in [7, 11) is -2.17. The van der Waals surface area contributed by atoms with Crippen molar-refractivity contribution in [2.24, 2.45) is 7.05 Å². The van der Waals surface area contributed by atoms with E-state index in [1.54, 1.807) is 6.92 Å². The van der Waals surface area contributed by atoms with E-state index in [2.05, 4.69) is 10.3 Å². The second-order valence-corrected chi connectivity index (χ2v) is 8.11. The Morgan fingerprint density at radius 1 is 1.31 bits per heavy atom. The summed E-state index contributed by atoms with van der Waals surface area (Å²) in [6.07, 6.45) is 1.03. The van der Waals surface area contributed by atoms with Gasteiger partial charge in [0.15, 0.2) is 15.6 Å². The van der Waals surface area contributed by atoms with Crippen LogP contribution in [-0.2, 0) is 16.9 Å². The first-order chi connectivity index (χ1) is 12.1. The molecule has 2 aromatic heterocycles. The molecule has 0 aliphatic carbocycles. The van der Waals surface area contributed by atoms with Crippen LogP contribution in [-0.4, -0.2) is 40.5 Å². The van der Waals surface area contributed by atoms with Crippen molar-refractivity contribution in [1.82, 2.24) is 14.9 Å². The first kappa shape index (κ1) is 18.2. The molecule has 0 aliphatic rings. The average Bonchev–Trinajstić information content (AvgIpc) is 3.11. The minimum Gasteiger partial charge on any atom is -0.493 e. The zero-order valence-corrected chi connectivity index (χ0v) is 15.6. The van der Waals surface area contributed by atoms with Crippen LogP contribution in [0.2, 0.25) is 5.02 Å². The zero-order valence-electron chi connectivity index (χ0n) is 14.0. The van der Waals surface area contributed by atoms with Crippen LogP contribution < -0.4 is 0 Å². The van der Waals surface area contributed by atoms with E-state index >= 15 is 0 Å². The molecule has 1 aromatic carbocycles. The van der Waals surface area contributed by atoms with E-state index in [1.807, 2.05) is 0 Å². The van der Waals surface area contributed by atoms with Crippen molar-refractivity contribution in [2.45, 2.75) is 11.8 Å². The normalized spacial score (nSPS) is 11.7. The Labute approximate surface area is 153 Å². The molecule has 0 amide bonds. The predicted octanol–water partition coefficient (Wildman–Crippen LogP) is 2.38. The van der Waals surface area contributed by atoms with E-state index in [9.17, 15) is 18.3 Å². The fourth-order valence-electron chi connectivity index (χ4n) is 2.46. The lowest BCUT2D eigenvalue weighted by molar-refractivity contribution is 0.103. The van der Waals surface area contributed by atoms with Crippen molar-refractivity contribution in [3.05, 3.63) is 46.2 Å². The Balaban J connectivity index is 2.25. The SMILES string of the molecule is Cc1cc(-c2c(S(C)(=O)=O)ccc(C(=O)c3cc(O)n(C)n3)c2Cl)on1. The number of benzene rings is 1. The van der Waals surface area contributed by atoms with Crippen molar-refractivity contribution in [3.63, 3.8) is 0 Å². The van der Waals surface area contributed by atoms with Gasteiger partial charge < -0.3 is 9.63 Å². The molecule has 0 aliphatic heterocycles. The zero-order chi connectivity index (χ0) is 19.2. The molecule has 0 unspecified atom stereocenters. The Hall–Kier alpha value is -2.65. The number of aromatic hydroxyl groups is 1. The van der Waals surface area contributed by atoms with Gasteiger partial charge in [-0.25, -0.2) is 13.1 Å². The fourth-order valence-corrected chi connectivity index (χ4v) is 3.75. The Kier molecular flexibility index (Phi) is 4.37. The number of aromatic nitrogens is 3. The maximum absolute atomic E-state index is 12.7. The molecule has 136 valence electrons. The standard InChI is InChI=1S/C16H14ClN3O5S/c1-8-6-11(25-19-8)14-12(26(3,23)24)5-4-9(15(14)17)16(22)10-7-13(21)20(2)18-10/h4-7,21H,1-3H3. The molecule has 0 atom stereocenters. The summed E-state index contributed by atoms with van der Waals surface area (Å²) in [6, 6.07) is 5.31. The number of halogens is 1. The summed E-state index contributed by atoms with van der Waals surface area (Å²) in [5.74, 6) is -0.627. The monoisotopic (exact) mass is 395 g/mol. The summed E-state index contributed by atoms with van der Waals surface area (Å²) in [4.78, 5) is 12.6. The van der Waals surface area contributed by atoms with E-state index in [-0.39, 0.29) is 38.4 Å². The number of aryl methyl sites for hydroxylation is 2. The van der Waals surface area contributed by atoms with Gasteiger partial charge in [-0.3, -0.25) is 4.79 Å². The second kappa shape index (κ2) is 6.26. The number of hydrogen-bond acceptors (Lipinski definition) is 7. The summed E-state index contributed by atoms with van der Waals surface area (Å²) in [5.41, 5.74) is 0.586. The van der Waals surface area contributed by atoms with Gasteiger partial charge in [-0.2, -0.15) is 5.10 Å². The predicted molar refractivity (Wildman–Crippen MR) is 93.1 cm³/mol. The molecule has 0 fully saturated rings. The number of sulfone groups is 1. The fraction of sp³-hybridized carbons (Fsp3) is 0.188. The van der Waals surface area contributed by atoms with Gasteiger partial charge in [0.1, 0.15) is 5.69 Å². The van der Waals surface area contributed by atoms with Gasteiger partial charge in [0.2, 0.25) is 11.7 Å². The number of carbonyl (C=O) groups excluding carboxylic acids is 1. The van der Waals surface area contributed by atoms with Crippen LogP contribution in [0.5, 0.6) is 5.88 Å². The van der Waals surface area contributed by atoms with Gasteiger partial charge in [0.25, 0.3) is 0 Å². The van der Waals surface area contributed by atoms with E-state index in [0.29, 0.717) is 5.69 Å². The minimum atomic E-state index is -3.65. The minimum absolute atomic E-state index is 0.0289. The molecular formula is C16H14ClN3O5S. The highest BCUT2D eigenvalue weighted by molar-refractivity contribution is 7.90. The topological polar surface area (TPSA) is 115 Å². The molecule has 8 nitrogen and oxygen atoms in total. The van der Waals surface area contributed by atoms with E-state index < -0.39 is 15.6 Å². The largest absolute Gasteiger partial charge is 0.493 e. The number of carbonyl (C=O) groups is 1. The molecule has 10 heteroatoms. The van der Waals surface area contributed by atoms with Crippen LogP contribution in [0.25, 0.3) is 11.3 Å². The summed E-state index contributed by atoms with van der Waals surface area (Å²) >= 11 is 6.38. The van der Waals surface area contributed by atoms with Gasteiger partial charge in [-0.1, -0.05) is 16.8 Å². The molecule has 0 saturated heterocycles. The van der Waals surface area contributed by atoms with E-state index in [0.717, 1.165) is 10.9 Å². The van der Waals surface area contributed by atoms with Crippen LogP contribution in [0.1, 0.15) is 21.7 Å². The summed E-state index contributed by atoms with van der Waals surface area (Å²) < 4.78 is 30.6.